The third-order valence-corrected chi connectivity index (χ3v) is 4.44. The highest BCUT2D eigenvalue weighted by atomic mass is 16.3. The summed E-state index contributed by atoms with van der Waals surface area (Å²) in [6.07, 6.45) is 4.43. The largest absolute Gasteiger partial charge is 0.508 e. The normalized spacial score (nSPS) is 20.0. The lowest BCUT2D eigenvalue weighted by atomic mass is 9.76. The number of hydrogen-bond acceptors (Lipinski definition) is 2. The Labute approximate surface area is 129 Å². The molecule has 0 amide bonds. The summed E-state index contributed by atoms with van der Waals surface area (Å²) < 4.78 is 0. The molecule has 0 bridgehead atoms. The van der Waals surface area contributed by atoms with E-state index in [2.05, 4.69) is 0 Å². The van der Waals surface area contributed by atoms with Gasteiger partial charge in [-0.25, -0.2) is 0 Å². The third kappa shape index (κ3) is 1.78. The number of fused-ring (bicyclic) bond motifs is 2. The molecule has 0 heterocycles. The molecule has 3 aromatic carbocycles. The van der Waals surface area contributed by atoms with Crippen molar-refractivity contribution in [1.29, 1.82) is 0 Å². The summed E-state index contributed by atoms with van der Waals surface area (Å²) >= 11 is 0. The number of aliphatic hydroxyl groups is 1. The summed E-state index contributed by atoms with van der Waals surface area (Å²) in [6.45, 7) is 0. The topological polar surface area (TPSA) is 40.5 Å². The molecule has 0 saturated heterocycles. The summed E-state index contributed by atoms with van der Waals surface area (Å²) in [5.74, 6) is 0.131. The van der Waals surface area contributed by atoms with Crippen LogP contribution in [0.2, 0.25) is 0 Å². The van der Waals surface area contributed by atoms with Gasteiger partial charge < -0.3 is 10.2 Å². The summed E-state index contributed by atoms with van der Waals surface area (Å²) in [7, 11) is 0. The summed E-state index contributed by atoms with van der Waals surface area (Å²) in [4.78, 5) is 0. The minimum atomic E-state index is -1.21. The lowest BCUT2D eigenvalue weighted by molar-refractivity contribution is 0.0816. The predicted molar refractivity (Wildman–Crippen MR) is 88.7 cm³/mol. The van der Waals surface area contributed by atoms with Crippen molar-refractivity contribution >= 4 is 16.8 Å². The van der Waals surface area contributed by atoms with E-state index < -0.39 is 5.60 Å². The molecule has 1 atom stereocenters. The summed E-state index contributed by atoms with van der Waals surface area (Å²) in [6, 6.07) is 19.2. The number of phenols is 1. The van der Waals surface area contributed by atoms with E-state index in [-0.39, 0.29) is 5.75 Å². The standard InChI is InChI=1S/C20H16O2/c21-18-12-11-14-6-1-3-9-16(14)19(18)20(22)13-5-8-15-7-2-4-10-17(15)20/h1-12,21-22H,13H2. The van der Waals surface area contributed by atoms with Crippen molar-refractivity contribution < 1.29 is 10.2 Å². The average Bonchev–Trinajstić information content (AvgIpc) is 2.55. The summed E-state index contributed by atoms with van der Waals surface area (Å²) in [5, 5.41) is 23.8. The van der Waals surface area contributed by atoms with E-state index in [1.165, 1.54) is 0 Å². The van der Waals surface area contributed by atoms with Gasteiger partial charge in [0.1, 0.15) is 11.4 Å². The minimum Gasteiger partial charge on any atom is -0.508 e. The molecular formula is C20H16O2. The van der Waals surface area contributed by atoms with Gasteiger partial charge in [0.25, 0.3) is 0 Å². The van der Waals surface area contributed by atoms with Crippen LogP contribution in [0.5, 0.6) is 5.75 Å². The van der Waals surface area contributed by atoms with Crippen molar-refractivity contribution in [2.24, 2.45) is 0 Å². The Morgan fingerprint density at radius 2 is 1.64 bits per heavy atom. The monoisotopic (exact) mass is 288 g/mol. The predicted octanol–water partition coefficient (Wildman–Crippen LogP) is 4.20. The molecule has 2 heteroatoms. The van der Waals surface area contributed by atoms with Gasteiger partial charge in [0, 0.05) is 12.0 Å². The highest BCUT2D eigenvalue weighted by molar-refractivity contribution is 5.89. The number of aromatic hydroxyl groups is 1. The van der Waals surface area contributed by atoms with E-state index in [1.54, 1.807) is 6.07 Å². The van der Waals surface area contributed by atoms with Crippen LogP contribution in [0.15, 0.2) is 66.7 Å². The fourth-order valence-corrected chi connectivity index (χ4v) is 3.42. The van der Waals surface area contributed by atoms with Crippen LogP contribution >= 0.6 is 0 Å². The van der Waals surface area contributed by atoms with Gasteiger partial charge in [-0.05, 0) is 28.0 Å². The van der Waals surface area contributed by atoms with Crippen LogP contribution in [0.3, 0.4) is 0 Å². The van der Waals surface area contributed by atoms with Crippen molar-refractivity contribution in [1.82, 2.24) is 0 Å². The van der Waals surface area contributed by atoms with E-state index in [0.29, 0.717) is 12.0 Å². The fraction of sp³-hybridized carbons (Fsp3) is 0.100. The van der Waals surface area contributed by atoms with Gasteiger partial charge in [0.05, 0.1) is 0 Å². The fourth-order valence-electron chi connectivity index (χ4n) is 3.42. The molecule has 1 aliphatic rings. The SMILES string of the molecule is Oc1ccc2ccccc2c1C1(O)CC=Cc2ccccc21. The second-order valence-corrected chi connectivity index (χ2v) is 5.73. The van der Waals surface area contributed by atoms with Gasteiger partial charge in [0.2, 0.25) is 0 Å². The maximum absolute atomic E-state index is 11.5. The smallest absolute Gasteiger partial charge is 0.123 e. The van der Waals surface area contributed by atoms with Crippen molar-refractivity contribution in [2.75, 3.05) is 0 Å². The van der Waals surface area contributed by atoms with Crippen LogP contribution in [-0.4, -0.2) is 10.2 Å². The van der Waals surface area contributed by atoms with Gasteiger partial charge in [-0.3, -0.25) is 0 Å². The molecule has 1 unspecified atom stereocenters. The Morgan fingerprint density at radius 1 is 0.864 bits per heavy atom. The highest BCUT2D eigenvalue weighted by Crippen LogP contribution is 2.45. The first-order valence-electron chi connectivity index (χ1n) is 7.40. The van der Waals surface area contributed by atoms with Crippen LogP contribution in [0, 0.1) is 0 Å². The number of hydrogen-bond donors (Lipinski definition) is 2. The first-order chi connectivity index (χ1) is 10.7. The van der Waals surface area contributed by atoms with Crippen LogP contribution < -0.4 is 0 Å². The van der Waals surface area contributed by atoms with E-state index in [4.69, 9.17) is 0 Å². The maximum Gasteiger partial charge on any atom is 0.123 e. The summed E-state index contributed by atoms with van der Waals surface area (Å²) in [5.41, 5.74) is 1.20. The molecule has 108 valence electrons. The highest BCUT2D eigenvalue weighted by Gasteiger charge is 2.37. The van der Waals surface area contributed by atoms with Crippen LogP contribution in [0.25, 0.3) is 16.8 Å². The zero-order valence-corrected chi connectivity index (χ0v) is 12.0. The zero-order chi connectivity index (χ0) is 15.2. The van der Waals surface area contributed by atoms with E-state index in [0.717, 1.165) is 21.9 Å². The Kier molecular flexibility index (Phi) is 2.81. The van der Waals surface area contributed by atoms with E-state index >= 15 is 0 Å². The van der Waals surface area contributed by atoms with Crippen LogP contribution in [-0.2, 0) is 5.60 Å². The Bertz CT molecular complexity index is 895. The first-order valence-corrected chi connectivity index (χ1v) is 7.40. The van der Waals surface area contributed by atoms with Crippen molar-refractivity contribution in [3.8, 4) is 5.75 Å². The maximum atomic E-state index is 11.5. The third-order valence-electron chi connectivity index (χ3n) is 4.44. The van der Waals surface area contributed by atoms with E-state index in [1.807, 2.05) is 66.7 Å². The molecule has 0 fully saturated rings. The van der Waals surface area contributed by atoms with Crippen LogP contribution in [0.4, 0.5) is 0 Å². The average molecular weight is 288 g/mol. The van der Waals surface area contributed by atoms with E-state index in [9.17, 15) is 10.2 Å². The Morgan fingerprint density at radius 3 is 2.55 bits per heavy atom. The first kappa shape index (κ1) is 13.1. The molecule has 4 rings (SSSR count). The lowest BCUT2D eigenvalue weighted by Crippen LogP contribution is -2.29. The van der Waals surface area contributed by atoms with Crippen molar-refractivity contribution in [2.45, 2.75) is 12.0 Å². The Hall–Kier alpha value is -2.58. The van der Waals surface area contributed by atoms with Gasteiger partial charge in [0.15, 0.2) is 0 Å². The molecule has 0 radical (unpaired) electrons. The van der Waals surface area contributed by atoms with Crippen molar-refractivity contribution in [3.63, 3.8) is 0 Å². The molecular weight excluding hydrogens is 272 g/mol. The molecule has 0 spiro atoms. The molecule has 0 aliphatic heterocycles. The molecule has 2 N–H and O–H groups in total. The molecule has 0 saturated carbocycles. The number of rotatable bonds is 1. The number of phenolic OH excluding ortho intramolecular Hbond substituents is 1. The number of benzene rings is 3. The lowest BCUT2D eigenvalue weighted by Gasteiger charge is -2.33. The Balaban J connectivity index is 2.07. The van der Waals surface area contributed by atoms with Gasteiger partial charge >= 0.3 is 0 Å². The second kappa shape index (κ2) is 4.72. The molecule has 2 nitrogen and oxygen atoms in total. The zero-order valence-electron chi connectivity index (χ0n) is 12.0. The van der Waals surface area contributed by atoms with Crippen LogP contribution in [0.1, 0.15) is 23.1 Å². The minimum absolute atomic E-state index is 0.131. The van der Waals surface area contributed by atoms with Gasteiger partial charge in [-0.15, -0.1) is 0 Å². The van der Waals surface area contributed by atoms with Gasteiger partial charge in [-0.1, -0.05) is 66.7 Å². The molecule has 22 heavy (non-hydrogen) atoms. The molecule has 1 aliphatic carbocycles. The molecule has 0 aromatic heterocycles. The van der Waals surface area contributed by atoms with Crippen molar-refractivity contribution in [3.05, 3.63) is 83.4 Å². The van der Waals surface area contributed by atoms with Gasteiger partial charge in [-0.2, -0.15) is 0 Å². The quantitative estimate of drug-likeness (QED) is 0.704. The molecule has 3 aromatic rings. The second-order valence-electron chi connectivity index (χ2n) is 5.73.